The van der Waals surface area contributed by atoms with Crippen LogP contribution in [0.4, 0.5) is 5.69 Å². The van der Waals surface area contributed by atoms with Gasteiger partial charge < -0.3 is 16.3 Å². The third kappa shape index (κ3) is 4.03. The minimum absolute atomic E-state index is 0.0452. The number of halogens is 1. The molecule has 18 heavy (non-hydrogen) atoms. The third-order valence-electron chi connectivity index (χ3n) is 2.23. The number of oxime groups is 1. The number of amidine groups is 1. The minimum Gasteiger partial charge on any atom is -0.409 e. The van der Waals surface area contributed by atoms with Gasteiger partial charge in [-0.05, 0) is 24.1 Å². The van der Waals surface area contributed by atoms with Crippen molar-refractivity contribution < 1.29 is 10.0 Å². The standard InChI is InChI=1S/C12H16BrN3O2/c1-7(2)5-11(17)15-10-4-3-8(13)6-9(10)12(14)16-18/h3-4,6-7,18H,5H2,1-2H3,(H2,14,16)(H,15,17). The predicted molar refractivity (Wildman–Crippen MR) is 74.7 cm³/mol. The SMILES string of the molecule is CC(C)CC(=O)Nc1ccc(Br)cc1/C(N)=N/O. The molecule has 0 spiro atoms. The Morgan fingerprint density at radius 2 is 2.22 bits per heavy atom. The summed E-state index contributed by atoms with van der Waals surface area (Å²) in [4.78, 5) is 11.7. The topological polar surface area (TPSA) is 87.7 Å². The molecule has 0 aliphatic carbocycles. The number of amides is 1. The molecule has 4 N–H and O–H groups in total. The first-order chi connectivity index (χ1) is 8.43. The highest BCUT2D eigenvalue weighted by Gasteiger charge is 2.11. The molecule has 1 aromatic carbocycles. The van der Waals surface area contributed by atoms with Crippen LogP contribution in [0.25, 0.3) is 0 Å². The summed E-state index contributed by atoms with van der Waals surface area (Å²) >= 11 is 3.30. The summed E-state index contributed by atoms with van der Waals surface area (Å²) in [7, 11) is 0. The summed E-state index contributed by atoms with van der Waals surface area (Å²) in [5.41, 5.74) is 6.57. The highest BCUT2D eigenvalue weighted by molar-refractivity contribution is 9.10. The van der Waals surface area contributed by atoms with E-state index < -0.39 is 0 Å². The van der Waals surface area contributed by atoms with Crippen molar-refractivity contribution in [3.63, 3.8) is 0 Å². The number of rotatable bonds is 4. The van der Waals surface area contributed by atoms with Crippen molar-refractivity contribution in [2.24, 2.45) is 16.8 Å². The van der Waals surface area contributed by atoms with Crippen LogP contribution >= 0.6 is 15.9 Å². The lowest BCUT2D eigenvalue weighted by Gasteiger charge is -2.11. The summed E-state index contributed by atoms with van der Waals surface area (Å²) in [5, 5.41) is 14.4. The van der Waals surface area contributed by atoms with E-state index in [0.717, 1.165) is 4.47 Å². The Kier molecular flexibility index (Phi) is 5.15. The number of anilines is 1. The van der Waals surface area contributed by atoms with E-state index in [0.29, 0.717) is 17.7 Å². The highest BCUT2D eigenvalue weighted by atomic mass is 79.9. The quantitative estimate of drug-likeness (QED) is 0.345. The number of hydrogen-bond acceptors (Lipinski definition) is 3. The fraction of sp³-hybridized carbons (Fsp3) is 0.333. The van der Waals surface area contributed by atoms with E-state index in [1.165, 1.54) is 0 Å². The smallest absolute Gasteiger partial charge is 0.224 e. The molecule has 0 aromatic heterocycles. The van der Waals surface area contributed by atoms with Gasteiger partial charge in [-0.3, -0.25) is 4.79 Å². The first kappa shape index (κ1) is 14.5. The molecule has 0 radical (unpaired) electrons. The number of benzene rings is 1. The maximum absolute atomic E-state index is 11.7. The Balaban J connectivity index is 2.98. The van der Waals surface area contributed by atoms with Gasteiger partial charge in [-0.2, -0.15) is 0 Å². The van der Waals surface area contributed by atoms with E-state index in [1.54, 1.807) is 18.2 Å². The molecule has 0 atom stereocenters. The van der Waals surface area contributed by atoms with Gasteiger partial charge in [-0.1, -0.05) is 34.9 Å². The molecule has 5 nitrogen and oxygen atoms in total. The summed E-state index contributed by atoms with van der Waals surface area (Å²) in [5.74, 6) is 0.128. The normalized spacial score (nSPS) is 11.7. The van der Waals surface area contributed by atoms with Crippen molar-refractivity contribution in [3.05, 3.63) is 28.2 Å². The van der Waals surface area contributed by atoms with Crippen molar-refractivity contribution in [1.29, 1.82) is 0 Å². The van der Waals surface area contributed by atoms with Crippen LogP contribution in [-0.2, 0) is 4.79 Å². The van der Waals surface area contributed by atoms with E-state index >= 15 is 0 Å². The number of hydrogen-bond donors (Lipinski definition) is 3. The molecule has 0 aliphatic rings. The van der Waals surface area contributed by atoms with Gasteiger partial charge in [0, 0.05) is 16.5 Å². The molecule has 0 unspecified atom stereocenters. The first-order valence-corrected chi connectivity index (χ1v) is 6.30. The molecular formula is C12H16BrN3O2. The molecule has 0 fully saturated rings. The van der Waals surface area contributed by atoms with Crippen LogP contribution in [0.5, 0.6) is 0 Å². The van der Waals surface area contributed by atoms with Crippen LogP contribution in [0.2, 0.25) is 0 Å². The molecule has 0 saturated heterocycles. The lowest BCUT2D eigenvalue weighted by Crippen LogP contribution is -2.20. The number of nitrogens with zero attached hydrogens (tertiary/aromatic N) is 1. The van der Waals surface area contributed by atoms with Gasteiger partial charge in [0.2, 0.25) is 5.91 Å². The molecule has 0 bridgehead atoms. The van der Waals surface area contributed by atoms with Crippen LogP contribution in [0.3, 0.4) is 0 Å². The van der Waals surface area contributed by atoms with Crippen LogP contribution in [0.15, 0.2) is 27.8 Å². The molecule has 6 heteroatoms. The molecular weight excluding hydrogens is 298 g/mol. The Hall–Kier alpha value is -1.56. The fourth-order valence-corrected chi connectivity index (χ4v) is 1.82. The maximum atomic E-state index is 11.7. The lowest BCUT2D eigenvalue weighted by molar-refractivity contribution is -0.116. The average Bonchev–Trinajstić information content (AvgIpc) is 2.29. The van der Waals surface area contributed by atoms with Gasteiger partial charge in [0.15, 0.2) is 5.84 Å². The Morgan fingerprint density at radius 1 is 1.56 bits per heavy atom. The van der Waals surface area contributed by atoms with E-state index in [9.17, 15) is 4.79 Å². The average molecular weight is 314 g/mol. The van der Waals surface area contributed by atoms with Crippen LogP contribution in [0.1, 0.15) is 25.8 Å². The van der Waals surface area contributed by atoms with Gasteiger partial charge in [-0.25, -0.2) is 0 Å². The second-order valence-corrected chi connectivity index (χ2v) is 5.24. The van der Waals surface area contributed by atoms with Crippen LogP contribution < -0.4 is 11.1 Å². The number of nitrogens with two attached hydrogens (primary N) is 1. The van der Waals surface area contributed by atoms with E-state index in [1.807, 2.05) is 13.8 Å². The molecule has 1 rings (SSSR count). The van der Waals surface area contributed by atoms with E-state index in [2.05, 4.69) is 26.4 Å². The van der Waals surface area contributed by atoms with Gasteiger partial charge in [-0.15, -0.1) is 0 Å². The lowest BCUT2D eigenvalue weighted by atomic mass is 10.1. The van der Waals surface area contributed by atoms with Crippen molar-refractivity contribution in [2.45, 2.75) is 20.3 Å². The molecule has 1 amide bonds. The van der Waals surface area contributed by atoms with Crippen molar-refractivity contribution >= 4 is 33.4 Å². The Morgan fingerprint density at radius 3 is 2.78 bits per heavy atom. The monoisotopic (exact) mass is 313 g/mol. The number of carbonyl (C=O) groups excluding carboxylic acids is 1. The van der Waals surface area contributed by atoms with Crippen LogP contribution in [-0.4, -0.2) is 17.0 Å². The molecule has 98 valence electrons. The maximum Gasteiger partial charge on any atom is 0.224 e. The van der Waals surface area contributed by atoms with Crippen molar-refractivity contribution in [2.75, 3.05) is 5.32 Å². The number of carbonyl (C=O) groups is 1. The summed E-state index contributed by atoms with van der Waals surface area (Å²) in [6.45, 7) is 3.93. The summed E-state index contributed by atoms with van der Waals surface area (Å²) < 4.78 is 0.783. The number of nitrogens with one attached hydrogen (secondary N) is 1. The largest absolute Gasteiger partial charge is 0.409 e. The van der Waals surface area contributed by atoms with Crippen LogP contribution in [0, 0.1) is 5.92 Å². The summed E-state index contributed by atoms with van der Waals surface area (Å²) in [6.07, 6.45) is 0.422. The Labute approximate surface area is 114 Å². The second-order valence-electron chi connectivity index (χ2n) is 4.32. The fourth-order valence-electron chi connectivity index (χ4n) is 1.46. The third-order valence-corrected chi connectivity index (χ3v) is 2.73. The van der Waals surface area contributed by atoms with E-state index in [-0.39, 0.29) is 17.7 Å². The predicted octanol–water partition coefficient (Wildman–Crippen LogP) is 2.53. The molecule has 0 aliphatic heterocycles. The van der Waals surface area contributed by atoms with Gasteiger partial charge >= 0.3 is 0 Å². The highest BCUT2D eigenvalue weighted by Crippen LogP contribution is 2.21. The zero-order valence-corrected chi connectivity index (χ0v) is 11.9. The first-order valence-electron chi connectivity index (χ1n) is 5.51. The zero-order valence-electron chi connectivity index (χ0n) is 10.3. The van der Waals surface area contributed by atoms with Crippen molar-refractivity contribution in [3.8, 4) is 0 Å². The van der Waals surface area contributed by atoms with E-state index in [4.69, 9.17) is 10.9 Å². The van der Waals surface area contributed by atoms with Gasteiger partial charge in [0.05, 0.1) is 5.69 Å². The molecule has 1 aromatic rings. The Bertz CT molecular complexity index is 472. The summed E-state index contributed by atoms with van der Waals surface area (Å²) in [6, 6.07) is 5.16. The van der Waals surface area contributed by atoms with Gasteiger partial charge in [0.1, 0.15) is 0 Å². The van der Waals surface area contributed by atoms with Crippen molar-refractivity contribution in [1.82, 2.24) is 0 Å². The second kappa shape index (κ2) is 6.39. The minimum atomic E-state index is -0.0979. The van der Waals surface area contributed by atoms with Gasteiger partial charge in [0.25, 0.3) is 0 Å². The molecule has 0 heterocycles. The zero-order chi connectivity index (χ0) is 13.7. The molecule has 0 saturated carbocycles.